The fourth-order valence-electron chi connectivity index (χ4n) is 3.56. The molecule has 2 aliphatic rings. The molecule has 3 rings (SSSR count). The van der Waals surface area contributed by atoms with Crippen molar-refractivity contribution in [2.24, 2.45) is 0 Å². The maximum atomic E-state index is 11.4. The van der Waals surface area contributed by atoms with Crippen LogP contribution in [-0.4, -0.2) is 48.4 Å². The molecule has 116 valence electrons. The maximum Gasteiger partial charge on any atom is 0.186 e. The maximum absolute atomic E-state index is 11.4. The summed E-state index contributed by atoms with van der Waals surface area (Å²) in [6, 6.07) is 1.37. The van der Waals surface area contributed by atoms with Gasteiger partial charge < -0.3 is 4.90 Å². The van der Waals surface area contributed by atoms with Gasteiger partial charge in [-0.3, -0.25) is 9.69 Å². The molecule has 2 atom stereocenters. The topological polar surface area (TPSA) is 36.4 Å². The smallest absolute Gasteiger partial charge is 0.186 e. The number of hydrogen-bond acceptors (Lipinski definition) is 5. The third-order valence-electron chi connectivity index (χ3n) is 4.88. The number of rotatable bonds is 2. The molecule has 0 spiro atoms. The van der Waals surface area contributed by atoms with E-state index in [-0.39, 0.29) is 5.41 Å². The number of fused-ring (bicyclic) bond motifs is 2. The molecule has 0 aliphatic carbocycles. The Labute approximate surface area is 131 Å². The lowest BCUT2D eigenvalue weighted by Gasteiger charge is -2.25. The number of aldehydes is 1. The zero-order valence-corrected chi connectivity index (χ0v) is 14.2. The van der Waals surface area contributed by atoms with Gasteiger partial charge in [0.1, 0.15) is 0 Å². The van der Waals surface area contributed by atoms with Crippen molar-refractivity contribution in [1.82, 2.24) is 9.88 Å². The summed E-state index contributed by atoms with van der Waals surface area (Å²) in [7, 11) is 2.26. The molecule has 3 heterocycles. The lowest BCUT2D eigenvalue weighted by atomic mass is 9.91. The summed E-state index contributed by atoms with van der Waals surface area (Å²) < 4.78 is 0. The van der Waals surface area contributed by atoms with Crippen LogP contribution in [0.3, 0.4) is 0 Å². The first kappa shape index (κ1) is 15.0. The molecule has 21 heavy (non-hydrogen) atoms. The zero-order valence-electron chi connectivity index (χ0n) is 13.4. The molecular formula is C16H25N3OS. The largest absolute Gasteiger partial charge is 0.346 e. The third-order valence-corrected chi connectivity index (χ3v) is 5.92. The molecule has 2 saturated heterocycles. The van der Waals surface area contributed by atoms with Crippen molar-refractivity contribution in [3.63, 3.8) is 0 Å². The molecule has 0 radical (unpaired) electrons. The predicted octanol–water partition coefficient (Wildman–Crippen LogP) is 2.93. The van der Waals surface area contributed by atoms with E-state index in [9.17, 15) is 4.79 Å². The first-order valence-electron chi connectivity index (χ1n) is 7.83. The number of hydrogen-bond donors (Lipinski definition) is 0. The van der Waals surface area contributed by atoms with Crippen LogP contribution in [0.1, 0.15) is 55.4 Å². The van der Waals surface area contributed by atoms with Crippen LogP contribution in [0, 0.1) is 0 Å². The summed E-state index contributed by atoms with van der Waals surface area (Å²) in [5, 5.41) is 1.03. The van der Waals surface area contributed by atoms with Crippen molar-refractivity contribution in [2.45, 2.75) is 57.5 Å². The van der Waals surface area contributed by atoms with Gasteiger partial charge in [-0.05, 0) is 26.3 Å². The van der Waals surface area contributed by atoms with E-state index in [1.54, 1.807) is 11.3 Å². The van der Waals surface area contributed by atoms with Crippen LogP contribution in [0.5, 0.6) is 0 Å². The van der Waals surface area contributed by atoms with Gasteiger partial charge in [-0.1, -0.05) is 32.1 Å². The molecule has 0 aromatic carbocycles. The van der Waals surface area contributed by atoms with E-state index in [4.69, 9.17) is 4.98 Å². The minimum Gasteiger partial charge on any atom is -0.346 e. The number of carbonyl (C=O) groups is 1. The quantitative estimate of drug-likeness (QED) is 0.787. The normalized spacial score (nSPS) is 27.0. The van der Waals surface area contributed by atoms with E-state index in [1.165, 1.54) is 19.3 Å². The molecule has 0 saturated carbocycles. The molecule has 0 N–H and O–H groups in total. The van der Waals surface area contributed by atoms with Crippen molar-refractivity contribution in [1.29, 1.82) is 0 Å². The third kappa shape index (κ3) is 2.73. The van der Waals surface area contributed by atoms with E-state index >= 15 is 0 Å². The standard InChI is InChI=1S/C16H25N3OS/c1-16(2,3)14-13(10-20)21-15(17-14)19-8-7-11-5-6-12(9-19)18(11)4/h10-12H,5-9H2,1-4H3. The van der Waals surface area contributed by atoms with Gasteiger partial charge in [0, 0.05) is 30.6 Å². The lowest BCUT2D eigenvalue weighted by Crippen LogP contribution is -2.36. The second-order valence-corrected chi connectivity index (χ2v) is 8.37. The molecule has 1 aromatic heterocycles. The molecule has 4 nitrogen and oxygen atoms in total. The van der Waals surface area contributed by atoms with Crippen LogP contribution < -0.4 is 4.90 Å². The van der Waals surface area contributed by atoms with Crippen molar-refractivity contribution in [3.05, 3.63) is 10.6 Å². The molecule has 5 heteroatoms. The molecule has 2 aliphatic heterocycles. The van der Waals surface area contributed by atoms with Crippen molar-refractivity contribution >= 4 is 22.8 Å². The molecule has 2 unspecified atom stereocenters. The summed E-state index contributed by atoms with van der Waals surface area (Å²) in [4.78, 5) is 21.9. The number of carbonyl (C=O) groups excluding carboxylic acids is 1. The van der Waals surface area contributed by atoms with Crippen LogP contribution >= 0.6 is 11.3 Å². The molecule has 0 amide bonds. The highest BCUT2D eigenvalue weighted by Gasteiger charge is 2.36. The van der Waals surface area contributed by atoms with Gasteiger partial charge in [0.15, 0.2) is 11.4 Å². The summed E-state index contributed by atoms with van der Waals surface area (Å²) in [6.07, 6.45) is 4.79. The average Bonchev–Trinajstić information content (AvgIpc) is 2.92. The van der Waals surface area contributed by atoms with Gasteiger partial charge in [0.05, 0.1) is 10.6 Å². The SMILES string of the molecule is CN1C2CCC1CN(c1nc(C(C)(C)C)c(C=O)s1)CC2. The average molecular weight is 307 g/mol. The Morgan fingerprint density at radius 2 is 1.95 bits per heavy atom. The summed E-state index contributed by atoms with van der Waals surface area (Å²) in [5.41, 5.74) is 0.868. The molecular weight excluding hydrogens is 282 g/mol. The van der Waals surface area contributed by atoms with E-state index in [0.29, 0.717) is 6.04 Å². The zero-order chi connectivity index (χ0) is 15.2. The van der Waals surface area contributed by atoms with Gasteiger partial charge in [-0.2, -0.15) is 0 Å². The Morgan fingerprint density at radius 1 is 1.24 bits per heavy atom. The monoisotopic (exact) mass is 307 g/mol. The number of anilines is 1. The Hall–Kier alpha value is -0.940. The van der Waals surface area contributed by atoms with Crippen LogP contribution in [0.15, 0.2) is 0 Å². The van der Waals surface area contributed by atoms with Crippen LogP contribution in [0.4, 0.5) is 5.13 Å². The van der Waals surface area contributed by atoms with Gasteiger partial charge in [0.2, 0.25) is 0 Å². The minimum absolute atomic E-state index is 0.0767. The van der Waals surface area contributed by atoms with Crippen LogP contribution in [-0.2, 0) is 5.41 Å². The number of nitrogens with zero attached hydrogens (tertiary/aromatic N) is 3. The number of likely N-dealkylation sites (N-methyl/N-ethyl adjacent to an activating group) is 1. The van der Waals surface area contributed by atoms with Crippen molar-refractivity contribution in [2.75, 3.05) is 25.0 Å². The van der Waals surface area contributed by atoms with Crippen molar-refractivity contribution in [3.8, 4) is 0 Å². The van der Waals surface area contributed by atoms with E-state index in [1.807, 2.05) is 0 Å². The Morgan fingerprint density at radius 3 is 2.57 bits per heavy atom. The lowest BCUT2D eigenvalue weighted by molar-refractivity contribution is 0.112. The van der Waals surface area contributed by atoms with E-state index < -0.39 is 0 Å². The first-order valence-corrected chi connectivity index (χ1v) is 8.65. The molecule has 2 bridgehead atoms. The number of aromatic nitrogens is 1. The minimum atomic E-state index is -0.0767. The highest BCUT2D eigenvalue weighted by molar-refractivity contribution is 7.17. The van der Waals surface area contributed by atoms with E-state index in [0.717, 1.165) is 41.1 Å². The van der Waals surface area contributed by atoms with Gasteiger partial charge in [-0.15, -0.1) is 0 Å². The van der Waals surface area contributed by atoms with Crippen LogP contribution in [0.2, 0.25) is 0 Å². The highest BCUT2D eigenvalue weighted by atomic mass is 32.1. The summed E-state index contributed by atoms with van der Waals surface area (Å²) in [5.74, 6) is 0. The van der Waals surface area contributed by atoms with Gasteiger partial charge >= 0.3 is 0 Å². The second-order valence-electron chi connectivity index (χ2n) is 7.36. The van der Waals surface area contributed by atoms with Crippen molar-refractivity contribution < 1.29 is 4.79 Å². The fraction of sp³-hybridized carbons (Fsp3) is 0.750. The Balaban J connectivity index is 1.87. The Bertz CT molecular complexity index is 534. The fourth-order valence-corrected chi connectivity index (χ4v) is 4.68. The summed E-state index contributed by atoms with van der Waals surface area (Å²) in [6.45, 7) is 8.47. The van der Waals surface area contributed by atoms with Gasteiger partial charge in [-0.25, -0.2) is 4.98 Å². The molecule has 1 aromatic rings. The Kier molecular flexibility index (Phi) is 3.82. The van der Waals surface area contributed by atoms with Crippen LogP contribution in [0.25, 0.3) is 0 Å². The predicted molar refractivity (Wildman–Crippen MR) is 87.6 cm³/mol. The second kappa shape index (κ2) is 5.36. The number of thiazole rings is 1. The summed E-state index contributed by atoms with van der Waals surface area (Å²) >= 11 is 1.56. The van der Waals surface area contributed by atoms with E-state index in [2.05, 4.69) is 37.6 Å². The molecule has 2 fully saturated rings. The first-order chi connectivity index (χ1) is 9.90. The van der Waals surface area contributed by atoms with Gasteiger partial charge in [0.25, 0.3) is 0 Å². The highest BCUT2D eigenvalue weighted by Crippen LogP contribution is 2.36.